The number of esters is 2. The van der Waals surface area contributed by atoms with Gasteiger partial charge in [-0.1, -0.05) is 23.4 Å². The van der Waals surface area contributed by atoms with E-state index in [2.05, 4.69) is 21.4 Å². The largest absolute Gasteiger partial charge is 0.462 e. The minimum absolute atomic E-state index is 0.0261. The Balaban J connectivity index is 1.66. The molecule has 3 N–H and O–H groups in total. The molecule has 1 aromatic rings. The number of carbonyl (C=O) groups is 3. The number of hydrogen-bond donors (Lipinski definition) is 2. The summed E-state index contributed by atoms with van der Waals surface area (Å²) in [4.78, 5) is 43.1. The summed E-state index contributed by atoms with van der Waals surface area (Å²) in [6.45, 7) is 2.10. The highest BCUT2D eigenvalue weighted by Crippen LogP contribution is 2.19. The number of carbonyl (C=O) groups excluding carboxylic acids is 3. The quantitative estimate of drug-likeness (QED) is 0.251. The predicted octanol–water partition coefficient (Wildman–Crippen LogP) is 1.88. The molecular weight excluding hydrogens is 396 g/mol. The van der Waals surface area contributed by atoms with Gasteiger partial charge in [-0.15, -0.1) is 0 Å². The van der Waals surface area contributed by atoms with E-state index in [1.807, 2.05) is 0 Å². The Morgan fingerprint density at radius 2 is 2.10 bits per heavy atom. The molecule has 0 radical (unpaired) electrons. The highest BCUT2D eigenvalue weighted by atomic mass is 32.2. The zero-order valence-corrected chi connectivity index (χ0v) is 17.3. The summed E-state index contributed by atoms with van der Waals surface area (Å²) in [7, 11) is 0. The van der Waals surface area contributed by atoms with Gasteiger partial charge < -0.3 is 20.5 Å². The Morgan fingerprint density at radius 3 is 2.79 bits per heavy atom. The second-order valence-corrected chi connectivity index (χ2v) is 7.27. The van der Waals surface area contributed by atoms with E-state index >= 15 is 0 Å². The second kappa shape index (κ2) is 12.1. The fourth-order valence-corrected chi connectivity index (χ4v) is 3.29. The Labute approximate surface area is 173 Å². The van der Waals surface area contributed by atoms with Gasteiger partial charge in [0.05, 0.1) is 12.4 Å². The lowest BCUT2D eigenvalue weighted by Crippen LogP contribution is -2.30. The van der Waals surface area contributed by atoms with Crippen LogP contribution in [0.4, 0.5) is 5.82 Å². The number of nitrogens with two attached hydrogens (primary N) is 1. The van der Waals surface area contributed by atoms with Gasteiger partial charge in [0.15, 0.2) is 11.8 Å². The SMILES string of the molecule is CCOC(=O)c1cnc(SCC(=O)OCC(=O)NCCC2=CCCCC2)nc1N. The van der Waals surface area contributed by atoms with E-state index in [1.165, 1.54) is 24.6 Å². The van der Waals surface area contributed by atoms with Crippen molar-refractivity contribution in [1.82, 2.24) is 15.3 Å². The molecule has 0 saturated heterocycles. The van der Waals surface area contributed by atoms with Gasteiger partial charge in [0.2, 0.25) is 0 Å². The number of amides is 1. The summed E-state index contributed by atoms with van der Waals surface area (Å²) < 4.78 is 9.79. The summed E-state index contributed by atoms with van der Waals surface area (Å²) in [5, 5.41) is 2.96. The van der Waals surface area contributed by atoms with Crippen LogP contribution in [0.2, 0.25) is 0 Å². The molecule has 158 valence electrons. The fraction of sp³-hybridized carbons (Fsp3) is 0.526. The zero-order valence-electron chi connectivity index (χ0n) is 16.4. The number of nitrogens with zero attached hydrogens (tertiary/aromatic N) is 2. The van der Waals surface area contributed by atoms with Crippen molar-refractivity contribution in [3.63, 3.8) is 0 Å². The summed E-state index contributed by atoms with van der Waals surface area (Å²) in [5.41, 5.74) is 7.16. The van der Waals surface area contributed by atoms with Crippen molar-refractivity contribution in [2.45, 2.75) is 44.2 Å². The third kappa shape index (κ3) is 8.10. The molecule has 0 spiro atoms. The van der Waals surface area contributed by atoms with Crippen LogP contribution in [0.15, 0.2) is 23.0 Å². The van der Waals surface area contributed by atoms with E-state index in [4.69, 9.17) is 15.2 Å². The minimum atomic E-state index is -0.605. The van der Waals surface area contributed by atoms with E-state index < -0.39 is 11.9 Å². The average Bonchev–Trinajstić information content (AvgIpc) is 2.71. The number of allylic oxidation sites excluding steroid dienone is 1. The number of nitrogen functional groups attached to an aromatic ring is 1. The summed E-state index contributed by atoms with van der Waals surface area (Å²) in [6, 6.07) is 0. The van der Waals surface area contributed by atoms with Gasteiger partial charge in [0.1, 0.15) is 11.4 Å². The van der Waals surface area contributed by atoms with Crippen molar-refractivity contribution in [2.75, 3.05) is 31.2 Å². The highest BCUT2D eigenvalue weighted by Gasteiger charge is 2.15. The first kappa shape index (κ1) is 22.7. The molecule has 0 aliphatic heterocycles. The highest BCUT2D eigenvalue weighted by molar-refractivity contribution is 7.99. The molecule has 10 heteroatoms. The van der Waals surface area contributed by atoms with Gasteiger partial charge in [-0.05, 0) is 39.0 Å². The number of hydrogen-bond acceptors (Lipinski definition) is 9. The number of aromatic nitrogens is 2. The third-order valence-corrected chi connectivity index (χ3v) is 4.96. The lowest BCUT2D eigenvalue weighted by molar-refractivity contribution is -0.145. The van der Waals surface area contributed by atoms with Gasteiger partial charge >= 0.3 is 11.9 Å². The van der Waals surface area contributed by atoms with Crippen LogP contribution in [0.5, 0.6) is 0 Å². The Morgan fingerprint density at radius 1 is 1.28 bits per heavy atom. The standard InChI is InChI=1S/C19H26N4O5S/c1-2-27-18(26)14-10-22-19(23-17(14)20)29-12-16(25)28-11-15(24)21-9-8-13-6-4-3-5-7-13/h6,10H,2-5,7-9,11-12H2,1H3,(H,21,24)(H2,20,22,23). The van der Waals surface area contributed by atoms with E-state index in [0.717, 1.165) is 31.0 Å². The normalized spacial score (nSPS) is 13.3. The second-order valence-electron chi connectivity index (χ2n) is 6.33. The molecule has 0 unspecified atom stereocenters. The van der Waals surface area contributed by atoms with Gasteiger partial charge in [-0.3, -0.25) is 9.59 Å². The molecule has 1 aliphatic rings. The average molecular weight is 423 g/mol. The van der Waals surface area contributed by atoms with E-state index in [9.17, 15) is 14.4 Å². The topological polar surface area (TPSA) is 134 Å². The van der Waals surface area contributed by atoms with Gasteiger partial charge in [0.25, 0.3) is 5.91 Å². The number of rotatable bonds is 10. The monoisotopic (exact) mass is 422 g/mol. The lowest BCUT2D eigenvalue weighted by atomic mass is 9.97. The molecule has 1 aromatic heterocycles. The van der Waals surface area contributed by atoms with Crippen molar-refractivity contribution in [3.8, 4) is 0 Å². The van der Waals surface area contributed by atoms with Gasteiger partial charge in [-0.2, -0.15) is 0 Å². The summed E-state index contributed by atoms with van der Waals surface area (Å²) in [5.74, 6) is -1.62. The molecular formula is C19H26N4O5S. The van der Waals surface area contributed by atoms with Crippen LogP contribution >= 0.6 is 11.8 Å². The first-order valence-electron chi connectivity index (χ1n) is 9.52. The maximum Gasteiger partial charge on any atom is 0.343 e. The first-order valence-corrected chi connectivity index (χ1v) is 10.5. The number of nitrogens with one attached hydrogen (secondary N) is 1. The molecule has 0 atom stereocenters. The Hall–Kier alpha value is -2.62. The van der Waals surface area contributed by atoms with Crippen LogP contribution in [0.25, 0.3) is 0 Å². The third-order valence-electron chi connectivity index (χ3n) is 4.13. The fourth-order valence-electron chi connectivity index (χ4n) is 2.67. The first-order chi connectivity index (χ1) is 14.0. The van der Waals surface area contributed by atoms with E-state index in [1.54, 1.807) is 6.92 Å². The molecule has 1 aliphatic carbocycles. The van der Waals surface area contributed by atoms with E-state index in [0.29, 0.717) is 6.54 Å². The number of anilines is 1. The Kier molecular flexibility index (Phi) is 9.42. The number of thioether (sulfide) groups is 1. The molecule has 0 saturated carbocycles. The molecule has 0 bridgehead atoms. The zero-order chi connectivity index (χ0) is 21.1. The molecule has 29 heavy (non-hydrogen) atoms. The van der Waals surface area contributed by atoms with Crippen LogP contribution in [0, 0.1) is 0 Å². The van der Waals surface area contributed by atoms with Crippen LogP contribution in [0.3, 0.4) is 0 Å². The molecule has 2 rings (SSSR count). The summed E-state index contributed by atoms with van der Waals surface area (Å²) >= 11 is 0.997. The van der Waals surface area contributed by atoms with Crippen molar-refractivity contribution >= 4 is 35.4 Å². The molecule has 1 amide bonds. The maximum atomic E-state index is 11.8. The molecule has 0 aromatic carbocycles. The summed E-state index contributed by atoms with van der Waals surface area (Å²) in [6.07, 6.45) is 8.96. The lowest BCUT2D eigenvalue weighted by Gasteiger charge is -2.13. The van der Waals surface area contributed by atoms with Gasteiger partial charge in [0, 0.05) is 12.7 Å². The van der Waals surface area contributed by atoms with Crippen molar-refractivity contribution in [3.05, 3.63) is 23.4 Å². The maximum absolute atomic E-state index is 11.8. The molecule has 1 heterocycles. The van der Waals surface area contributed by atoms with Crippen LogP contribution in [-0.4, -0.2) is 53.3 Å². The number of ether oxygens (including phenoxy) is 2. The van der Waals surface area contributed by atoms with Crippen LogP contribution in [-0.2, 0) is 19.1 Å². The van der Waals surface area contributed by atoms with Crippen LogP contribution < -0.4 is 11.1 Å². The van der Waals surface area contributed by atoms with Crippen molar-refractivity contribution in [1.29, 1.82) is 0 Å². The minimum Gasteiger partial charge on any atom is -0.462 e. The predicted molar refractivity (Wildman–Crippen MR) is 108 cm³/mol. The molecule has 0 fully saturated rings. The van der Waals surface area contributed by atoms with Crippen LogP contribution in [0.1, 0.15) is 49.4 Å². The Bertz CT molecular complexity index is 769. The molecule has 9 nitrogen and oxygen atoms in total. The van der Waals surface area contributed by atoms with Crippen molar-refractivity contribution < 1.29 is 23.9 Å². The smallest absolute Gasteiger partial charge is 0.343 e. The van der Waals surface area contributed by atoms with Gasteiger partial charge in [-0.25, -0.2) is 14.8 Å². The van der Waals surface area contributed by atoms with Crippen molar-refractivity contribution in [2.24, 2.45) is 0 Å². The van der Waals surface area contributed by atoms with E-state index in [-0.39, 0.29) is 41.4 Å².